The second-order valence-electron chi connectivity index (χ2n) is 9.09. The van der Waals surface area contributed by atoms with E-state index in [4.69, 9.17) is 4.98 Å². The maximum absolute atomic E-state index is 13.3. The van der Waals surface area contributed by atoms with Crippen molar-refractivity contribution in [2.45, 2.75) is 52.5 Å². The number of amides is 1. The normalized spacial score (nSPS) is 16.9. The first-order valence-electron chi connectivity index (χ1n) is 12.3. The van der Waals surface area contributed by atoms with Crippen LogP contribution in [-0.4, -0.2) is 51.4 Å². The van der Waals surface area contributed by atoms with E-state index in [1.54, 1.807) is 0 Å². The number of carbonyl (C=O) groups is 1. The van der Waals surface area contributed by atoms with Gasteiger partial charge in [-0.05, 0) is 62.6 Å². The number of hydrogen-bond acceptors (Lipinski definition) is 3. The molecule has 0 radical (unpaired) electrons. The minimum atomic E-state index is 0.0888. The Bertz CT molecular complexity index is 1080. The Kier molecular flexibility index (Phi) is 8.20. The molecule has 2 heterocycles. The van der Waals surface area contributed by atoms with E-state index < -0.39 is 0 Å². The van der Waals surface area contributed by atoms with Crippen molar-refractivity contribution in [1.29, 1.82) is 0 Å². The summed E-state index contributed by atoms with van der Waals surface area (Å²) in [6.45, 7) is 8.67. The van der Waals surface area contributed by atoms with Crippen LogP contribution in [0.5, 0.6) is 0 Å². The van der Waals surface area contributed by atoms with Gasteiger partial charge in [0.15, 0.2) is 0 Å². The molecule has 0 unspecified atom stereocenters. The molecule has 6 heteroatoms. The Labute approximate surface area is 205 Å². The number of rotatable bonds is 9. The van der Waals surface area contributed by atoms with Gasteiger partial charge in [-0.1, -0.05) is 54.4 Å². The van der Waals surface area contributed by atoms with Crippen molar-refractivity contribution in [3.05, 3.63) is 58.8 Å². The molecule has 2 aromatic carbocycles. The zero-order valence-corrected chi connectivity index (χ0v) is 21.4. The first-order valence-corrected chi connectivity index (χ1v) is 13.1. The van der Waals surface area contributed by atoms with Gasteiger partial charge in [-0.3, -0.25) is 14.3 Å². The molecule has 0 spiro atoms. The van der Waals surface area contributed by atoms with Crippen LogP contribution < -0.4 is 0 Å². The van der Waals surface area contributed by atoms with E-state index in [2.05, 4.69) is 80.5 Å². The third-order valence-corrected chi connectivity index (χ3v) is 7.00. The summed E-state index contributed by atoms with van der Waals surface area (Å²) < 4.78 is 3.31. The van der Waals surface area contributed by atoms with Gasteiger partial charge in [-0.2, -0.15) is 0 Å². The fraction of sp³-hybridized carbons (Fsp3) is 0.481. The van der Waals surface area contributed by atoms with E-state index >= 15 is 0 Å². The number of imidazole rings is 1. The van der Waals surface area contributed by atoms with Crippen LogP contribution in [-0.2, 0) is 11.3 Å². The zero-order chi connectivity index (χ0) is 23.2. The molecule has 5 nitrogen and oxygen atoms in total. The number of nitrogens with zero attached hydrogens (tertiary/aromatic N) is 4. The van der Waals surface area contributed by atoms with Crippen molar-refractivity contribution < 1.29 is 4.79 Å². The Morgan fingerprint density at radius 1 is 1.12 bits per heavy atom. The summed E-state index contributed by atoms with van der Waals surface area (Å²) in [6, 6.07) is 16.7. The quantitative estimate of drug-likeness (QED) is 0.352. The molecule has 1 atom stereocenters. The average Bonchev–Trinajstić information content (AvgIpc) is 3.19. The molecule has 1 fully saturated rings. The molecule has 0 saturated carbocycles. The van der Waals surface area contributed by atoms with Crippen LogP contribution in [0.2, 0.25) is 0 Å². The standard InChI is InChI=1S/C27H35BrN4O/c1-3-5-17-31(15-4-2)27(33)21-10-9-16-30(19-21)20-26-29-24-13-6-7-14-25(24)32(26)23-12-8-11-22(28)18-23/h6-8,11-14,18,21H,3-5,9-10,15-17,19-20H2,1-2H3/t21-/m1/s1. The van der Waals surface area contributed by atoms with Crippen LogP contribution in [0.15, 0.2) is 53.0 Å². The van der Waals surface area contributed by atoms with Crippen LogP contribution in [0, 0.1) is 5.92 Å². The van der Waals surface area contributed by atoms with Crippen molar-refractivity contribution in [3.63, 3.8) is 0 Å². The number of hydrogen-bond donors (Lipinski definition) is 0. The van der Waals surface area contributed by atoms with Gasteiger partial charge in [0.2, 0.25) is 5.91 Å². The molecule has 1 saturated heterocycles. The maximum Gasteiger partial charge on any atom is 0.226 e. The van der Waals surface area contributed by atoms with E-state index in [9.17, 15) is 4.79 Å². The molecule has 3 aromatic rings. The second kappa shape index (κ2) is 11.3. The molecule has 1 aromatic heterocycles. The van der Waals surface area contributed by atoms with Gasteiger partial charge in [0.05, 0.1) is 23.5 Å². The maximum atomic E-state index is 13.3. The monoisotopic (exact) mass is 510 g/mol. The minimum absolute atomic E-state index is 0.0888. The molecule has 33 heavy (non-hydrogen) atoms. The summed E-state index contributed by atoms with van der Waals surface area (Å²) in [5.41, 5.74) is 3.22. The van der Waals surface area contributed by atoms with Crippen molar-refractivity contribution in [2.75, 3.05) is 26.2 Å². The van der Waals surface area contributed by atoms with E-state index in [0.29, 0.717) is 5.91 Å². The number of para-hydroxylation sites is 2. The number of aromatic nitrogens is 2. The Morgan fingerprint density at radius 3 is 2.76 bits per heavy atom. The molecule has 4 rings (SSSR count). The Hall–Kier alpha value is -2.18. The summed E-state index contributed by atoms with van der Waals surface area (Å²) in [7, 11) is 0. The van der Waals surface area contributed by atoms with Gasteiger partial charge in [-0.25, -0.2) is 4.98 Å². The Balaban J connectivity index is 1.56. The topological polar surface area (TPSA) is 41.4 Å². The molecule has 0 N–H and O–H groups in total. The highest BCUT2D eigenvalue weighted by Gasteiger charge is 2.29. The number of halogens is 1. The fourth-order valence-corrected chi connectivity index (χ4v) is 5.28. The van der Waals surface area contributed by atoms with Crippen LogP contribution >= 0.6 is 15.9 Å². The molecule has 176 valence electrons. The number of fused-ring (bicyclic) bond motifs is 1. The lowest BCUT2D eigenvalue weighted by atomic mass is 9.96. The number of piperidine rings is 1. The largest absolute Gasteiger partial charge is 0.342 e. The lowest BCUT2D eigenvalue weighted by molar-refractivity contribution is -0.137. The van der Waals surface area contributed by atoms with Gasteiger partial charge in [0.25, 0.3) is 0 Å². The zero-order valence-electron chi connectivity index (χ0n) is 19.8. The summed E-state index contributed by atoms with van der Waals surface area (Å²) in [5.74, 6) is 1.46. The average molecular weight is 512 g/mol. The smallest absolute Gasteiger partial charge is 0.226 e. The second-order valence-corrected chi connectivity index (χ2v) is 10.0. The number of carbonyl (C=O) groups excluding carboxylic acids is 1. The SMILES string of the molecule is CCCCN(CCC)C(=O)[C@@H]1CCCN(Cc2nc3ccccc3n2-c2cccc(Br)c2)C1. The first-order chi connectivity index (χ1) is 16.1. The number of benzene rings is 2. The van der Waals surface area contributed by atoms with Crippen molar-refractivity contribution >= 4 is 32.9 Å². The van der Waals surface area contributed by atoms with Crippen molar-refractivity contribution in [2.24, 2.45) is 5.92 Å². The van der Waals surface area contributed by atoms with Crippen LogP contribution in [0.25, 0.3) is 16.7 Å². The van der Waals surface area contributed by atoms with Gasteiger partial charge in [-0.15, -0.1) is 0 Å². The Morgan fingerprint density at radius 2 is 1.97 bits per heavy atom. The van der Waals surface area contributed by atoms with Crippen molar-refractivity contribution in [1.82, 2.24) is 19.4 Å². The fourth-order valence-electron chi connectivity index (χ4n) is 4.90. The highest BCUT2D eigenvalue weighted by molar-refractivity contribution is 9.10. The molecule has 1 aliphatic rings. The third kappa shape index (κ3) is 5.67. The van der Waals surface area contributed by atoms with Gasteiger partial charge in [0.1, 0.15) is 5.82 Å². The highest BCUT2D eigenvalue weighted by atomic mass is 79.9. The summed E-state index contributed by atoms with van der Waals surface area (Å²) in [6.07, 6.45) is 5.27. The van der Waals surface area contributed by atoms with Crippen LogP contribution in [0.4, 0.5) is 0 Å². The van der Waals surface area contributed by atoms with E-state index in [-0.39, 0.29) is 5.92 Å². The summed E-state index contributed by atoms with van der Waals surface area (Å²) in [4.78, 5) is 22.9. The van der Waals surface area contributed by atoms with Gasteiger partial charge < -0.3 is 4.90 Å². The van der Waals surface area contributed by atoms with Gasteiger partial charge >= 0.3 is 0 Å². The van der Waals surface area contributed by atoms with E-state index in [0.717, 1.165) is 91.8 Å². The van der Waals surface area contributed by atoms with E-state index in [1.807, 2.05) is 12.1 Å². The summed E-state index contributed by atoms with van der Waals surface area (Å²) in [5, 5.41) is 0. The molecular formula is C27H35BrN4O. The molecule has 1 amide bonds. The van der Waals surface area contributed by atoms with Gasteiger partial charge in [0, 0.05) is 29.8 Å². The predicted octanol–water partition coefficient (Wildman–Crippen LogP) is 6.04. The number of likely N-dealkylation sites (tertiary alicyclic amines) is 1. The summed E-state index contributed by atoms with van der Waals surface area (Å²) >= 11 is 3.62. The van der Waals surface area contributed by atoms with Crippen LogP contribution in [0.1, 0.15) is 51.8 Å². The van der Waals surface area contributed by atoms with Crippen LogP contribution in [0.3, 0.4) is 0 Å². The molecule has 1 aliphatic heterocycles. The number of unbranched alkanes of at least 4 members (excludes halogenated alkanes) is 1. The first kappa shape index (κ1) is 24.0. The molecular weight excluding hydrogens is 476 g/mol. The molecule has 0 aliphatic carbocycles. The lowest BCUT2D eigenvalue weighted by Crippen LogP contribution is -2.45. The minimum Gasteiger partial charge on any atom is -0.342 e. The predicted molar refractivity (Wildman–Crippen MR) is 139 cm³/mol. The van der Waals surface area contributed by atoms with E-state index in [1.165, 1.54) is 0 Å². The van der Waals surface area contributed by atoms with Crippen molar-refractivity contribution in [3.8, 4) is 5.69 Å². The highest BCUT2D eigenvalue weighted by Crippen LogP contribution is 2.26. The third-order valence-electron chi connectivity index (χ3n) is 6.50. The lowest BCUT2D eigenvalue weighted by Gasteiger charge is -2.35. The molecule has 0 bridgehead atoms.